The lowest BCUT2D eigenvalue weighted by atomic mass is 10.1. The van der Waals surface area contributed by atoms with Crippen LogP contribution in [0.25, 0.3) is 0 Å². The van der Waals surface area contributed by atoms with Crippen LogP contribution in [0, 0.1) is 0 Å². The molecular formula is C15H18ClNO5. The smallest absolute Gasteiger partial charge is 0.303 e. The summed E-state index contributed by atoms with van der Waals surface area (Å²) < 4.78 is 10.9. The number of hydrogen-bond acceptors (Lipinski definition) is 4. The summed E-state index contributed by atoms with van der Waals surface area (Å²) in [6.45, 7) is 1.29. The second-order valence-corrected chi connectivity index (χ2v) is 5.39. The van der Waals surface area contributed by atoms with Crippen LogP contribution in [0.2, 0.25) is 5.02 Å². The molecule has 1 aromatic rings. The molecule has 0 radical (unpaired) electrons. The van der Waals surface area contributed by atoms with Crippen molar-refractivity contribution in [1.82, 2.24) is 5.32 Å². The highest BCUT2D eigenvalue weighted by molar-refractivity contribution is 6.32. The predicted octanol–water partition coefficient (Wildman–Crippen LogP) is 2.37. The summed E-state index contributed by atoms with van der Waals surface area (Å²) in [5.74, 6) is 0.170. The van der Waals surface area contributed by atoms with Gasteiger partial charge in [0.25, 0.3) is 0 Å². The average Bonchev–Trinajstić information content (AvgIpc) is 2.49. The van der Waals surface area contributed by atoms with E-state index in [2.05, 4.69) is 5.32 Å². The van der Waals surface area contributed by atoms with Gasteiger partial charge in [0.15, 0.2) is 11.5 Å². The van der Waals surface area contributed by atoms with Crippen LogP contribution in [0.15, 0.2) is 12.1 Å². The van der Waals surface area contributed by atoms with Crippen molar-refractivity contribution in [2.24, 2.45) is 0 Å². The molecule has 0 unspecified atom stereocenters. The molecule has 0 atom stereocenters. The first-order chi connectivity index (χ1) is 10.6. The second kappa shape index (κ2) is 7.89. The molecule has 1 aromatic carbocycles. The third-order valence-corrected chi connectivity index (χ3v) is 3.47. The Labute approximate surface area is 133 Å². The maximum atomic E-state index is 11.7. The van der Waals surface area contributed by atoms with Gasteiger partial charge in [-0.15, -0.1) is 0 Å². The molecule has 0 saturated heterocycles. The van der Waals surface area contributed by atoms with Crippen molar-refractivity contribution < 1.29 is 24.2 Å². The Kier molecular flexibility index (Phi) is 5.89. The molecule has 0 aromatic heterocycles. The summed E-state index contributed by atoms with van der Waals surface area (Å²) in [7, 11) is 0. The summed E-state index contributed by atoms with van der Waals surface area (Å²) >= 11 is 6.12. The van der Waals surface area contributed by atoms with E-state index in [1.807, 2.05) is 0 Å². The highest BCUT2D eigenvalue weighted by atomic mass is 35.5. The first-order valence-electron chi connectivity index (χ1n) is 7.13. The number of fused-ring (bicyclic) bond motifs is 1. The largest absolute Gasteiger partial charge is 0.486 e. The van der Waals surface area contributed by atoms with Gasteiger partial charge < -0.3 is 19.9 Å². The van der Waals surface area contributed by atoms with E-state index in [4.69, 9.17) is 26.2 Å². The normalized spacial score (nSPS) is 12.8. The lowest BCUT2D eigenvalue weighted by Crippen LogP contribution is -2.23. The number of hydrogen-bond donors (Lipinski definition) is 2. The van der Waals surface area contributed by atoms with Crippen molar-refractivity contribution >= 4 is 23.5 Å². The van der Waals surface area contributed by atoms with Crippen LogP contribution in [0.5, 0.6) is 11.5 Å². The number of nitrogens with one attached hydrogen (secondary N) is 1. The minimum Gasteiger partial charge on any atom is -0.486 e. The number of aliphatic carboxylic acids is 1. The van der Waals surface area contributed by atoms with Crippen LogP contribution in [0.4, 0.5) is 0 Å². The van der Waals surface area contributed by atoms with Crippen molar-refractivity contribution in [2.75, 3.05) is 13.2 Å². The van der Waals surface area contributed by atoms with E-state index in [1.54, 1.807) is 12.1 Å². The molecule has 7 heteroatoms. The van der Waals surface area contributed by atoms with Gasteiger partial charge in [-0.05, 0) is 30.5 Å². The number of carboxylic acid groups (broad SMARTS) is 1. The highest BCUT2D eigenvalue weighted by Crippen LogP contribution is 2.38. The summed E-state index contributed by atoms with van der Waals surface area (Å²) in [6, 6.07) is 3.53. The van der Waals surface area contributed by atoms with Crippen molar-refractivity contribution in [3.63, 3.8) is 0 Å². The summed E-state index contributed by atoms with van der Waals surface area (Å²) in [6.07, 6.45) is 1.45. The highest BCUT2D eigenvalue weighted by Gasteiger charge is 2.16. The fourth-order valence-electron chi connectivity index (χ4n) is 2.12. The fourth-order valence-corrected chi connectivity index (χ4v) is 2.40. The minimum absolute atomic E-state index is 0.0883. The SMILES string of the molecule is O=C(O)CCCCC(=O)NCc1cc(Cl)c2c(c1)OCCO2. The number of benzene rings is 1. The van der Waals surface area contributed by atoms with Crippen molar-refractivity contribution in [3.05, 3.63) is 22.7 Å². The monoisotopic (exact) mass is 327 g/mol. The molecule has 0 fully saturated rings. The Morgan fingerprint density at radius 2 is 1.91 bits per heavy atom. The molecule has 120 valence electrons. The van der Waals surface area contributed by atoms with Crippen LogP contribution in [0.3, 0.4) is 0 Å². The Bertz CT molecular complexity index is 561. The number of rotatable bonds is 7. The molecule has 1 heterocycles. The number of amides is 1. The Hall–Kier alpha value is -1.95. The van der Waals surface area contributed by atoms with Crippen molar-refractivity contribution in [2.45, 2.75) is 32.2 Å². The summed E-state index contributed by atoms with van der Waals surface area (Å²) in [5.41, 5.74) is 0.827. The third-order valence-electron chi connectivity index (χ3n) is 3.19. The molecule has 0 aliphatic carbocycles. The molecule has 2 N–H and O–H groups in total. The number of halogens is 1. The van der Waals surface area contributed by atoms with Gasteiger partial charge in [0.1, 0.15) is 13.2 Å². The zero-order chi connectivity index (χ0) is 15.9. The topological polar surface area (TPSA) is 84.9 Å². The number of carboxylic acids is 1. The van der Waals surface area contributed by atoms with Crippen LogP contribution in [0.1, 0.15) is 31.2 Å². The predicted molar refractivity (Wildman–Crippen MR) is 80.4 cm³/mol. The quantitative estimate of drug-likeness (QED) is 0.751. The molecule has 2 rings (SSSR count). The van der Waals surface area contributed by atoms with Crippen LogP contribution in [-0.4, -0.2) is 30.2 Å². The van der Waals surface area contributed by atoms with Gasteiger partial charge in [-0.25, -0.2) is 0 Å². The Morgan fingerprint density at radius 1 is 1.18 bits per heavy atom. The third kappa shape index (κ3) is 4.80. The lowest BCUT2D eigenvalue weighted by molar-refractivity contribution is -0.137. The number of carbonyl (C=O) groups excluding carboxylic acids is 1. The molecule has 0 bridgehead atoms. The first kappa shape index (κ1) is 16.4. The van der Waals surface area contributed by atoms with Crippen molar-refractivity contribution in [1.29, 1.82) is 0 Å². The van der Waals surface area contributed by atoms with Gasteiger partial charge in [0.2, 0.25) is 5.91 Å². The molecule has 1 aliphatic heterocycles. The van der Waals surface area contributed by atoms with E-state index in [9.17, 15) is 9.59 Å². The number of carbonyl (C=O) groups is 2. The molecule has 6 nitrogen and oxygen atoms in total. The molecule has 22 heavy (non-hydrogen) atoms. The lowest BCUT2D eigenvalue weighted by Gasteiger charge is -2.20. The zero-order valence-corrected chi connectivity index (χ0v) is 12.8. The Balaban J connectivity index is 1.80. The van der Waals surface area contributed by atoms with Gasteiger partial charge in [-0.3, -0.25) is 9.59 Å². The van der Waals surface area contributed by atoms with Crippen molar-refractivity contribution in [3.8, 4) is 11.5 Å². The van der Waals surface area contributed by atoms with Gasteiger partial charge in [0.05, 0.1) is 5.02 Å². The zero-order valence-electron chi connectivity index (χ0n) is 12.1. The molecule has 0 spiro atoms. The molecule has 1 amide bonds. The molecular weight excluding hydrogens is 310 g/mol. The van der Waals surface area contributed by atoms with Crippen LogP contribution < -0.4 is 14.8 Å². The standard InChI is InChI=1S/C15H18ClNO5/c16-11-7-10(8-12-15(11)22-6-5-21-12)9-17-13(18)3-1-2-4-14(19)20/h7-8H,1-6,9H2,(H,17,18)(H,19,20). The van der Waals surface area contributed by atoms with Gasteiger partial charge in [0, 0.05) is 19.4 Å². The van der Waals surface area contributed by atoms with Gasteiger partial charge in [-0.2, -0.15) is 0 Å². The molecule has 0 saturated carbocycles. The maximum Gasteiger partial charge on any atom is 0.303 e. The number of ether oxygens (including phenoxy) is 2. The van der Waals surface area contributed by atoms with E-state index >= 15 is 0 Å². The summed E-state index contributed by atoms with van der Waals surface area (Å²) in [4.78, 5) is 22.1. The Morgan fingerprint density at radius 3 is 2.68 bits per heavy atom. The van der Waals surface area contributed by atoms with Crippen LogP contribution in [-0.2, 0) is 16.1 Å². The van der Waals surface area contributed by atoms with E-state index in [0.29, 0.717) is 55.5 Å². The fraction of sp³-hybridized carbons (Fsp3) is 0.467. The van der Waals surface area contributed by atoms with Gasteiger partial charge >= 0.3 is 5.97 Å². The second-order valence-electron chi connectivity index (χ2n) is 4.98. The first-order valence-corrected chi connectivity index (χ1v) is 7.50. The summed E-state index contributed by atoms with van der Waals surface area (Å²) in [5, 5.41) is 11.8. The molecule has 1 aliphatic rings. The minimum atomic E-state index is -0.841. The maximum absolute atomic E-state index is 11.7. The van der Waals surface area contributed by atoms with E-state index in [0.717, 1.165) is 5.56 Å². The average molecular weight is 328 g/mol. The van der Waals surface area contributed by atoms with E-state index in [-0.39, 0.29) is 12.3 Å². The van der Waals surface area contributed by atoms with E-state index < -0.39 is 5.97 Å². The van der Waals surface area contributed by atoms with E-state index in [1.165, 1.54) is 0 Å². The van der Waals surface area contributed by atoms with Crippen LogP contribution >= 0.6 is 11.6 Å². The number of unbranched alkanes of at least 4 members (excludes halogenated alkanes) is 1. The van der Waals surface area contributed by atoms with Gasteiger partial charge in [-0.1, -0.05) is 11.6 Å².